The lowest BCUT2D eigenvalue weighted by atomic mass is 10.2. The van der Waals surface area contributed by atoms with E-state index in [0.717, 1.165) is 12.1 Å². The van der Waals surface area contributed by atoms with E-state index >= 15 is 0 Å². The summed E-state index contributed by atoms with van der Waals surface area (Å²) in [7, 11) is -3.96. The number of benzene rings is 2. The average molecular weight is 482 g/mol. The third-order valence-corrected chi connectivity index (χ3v) is 5.98. The first-order chi connectivity index (χ1) is 15.4. The van der Waals surface area contributed by atoms with Crippen molar-refractivity contribution in [2.45, 2.75) is 38.6 Å². The third-order valence-electron chi connectivity index (χ3n) is 4.62. The zero-order valence-electron chi connectivity index (χ0n) is 17.9. The smallest absolute Gasteiger partial charge is 0.416 e. The number of nitrogens with zero attached hydrogens (tertiary/aromatic N) is 2. The number of ether oxygens (including phenoxy) is 1. The first kappa shape index (κ1) is 24.1. The topological polar surface area (TPSA) is 102 Å². The molecule has 2 N–H and O–H groups in total. The molecule has 1 amide bonds. The molecule has 0 fully saturated rings. The van der Waals surface area contributed by atoms with E-state index in [-0.39, 0.29) is 29.0 Å². The fraction of sp³-hybridized carbons (Fsp3) is 0.238. The molecule has 1 heterocycles. The molecule has 0 saturated heterocycles. The molecule has 0 aliphatic heterocycles. The molecule has 12 heteroatoms. The van der Waals surface area contributed by atoms with Gasteiger partial charge in [-0.15, -0.1) is 0 Å². The average Bonchev–Trinajstić information content (AvgIpc) is 2.99. The van der Waals surface area contributed by atoms with Crippen LogP contribution in [0, 0.1) is 13.8 Å². The summed E-state index contributed by atoms with van der Waals surface area (Å²) in [5.74, 6) is -0.284. The number of nitrogens with one attached hydrogen (secondary N) is 2. The first-order valence-corrected chi connectivity index (χ1v) is 11.1. The SMILES string of the molecule is CC(=O)Nc1ccc(S(=O)(=O)Nc2c(C)nn(COc3cccc(C(F)(F)F)c3)c2C)cc1. The Morgan fingerprint density at radius 3 is 2.39 bits per heavy atom. The zero-order chi connectivity index (χ0) is 24.4. The van der Waals surface area contributed by atoms with Gasteiger partial charge in [0.05, 0.1) is 27.5 Å². The zero-order valence-corrected chi connectivity index (χ0v) is 18.7. The lowest BCUT2D eigenvalue weighted by Crippen LogP contribution is -2.15. The molecule has 0 spiro atoms. The third kappa shape index (κ3) is 5.83. The van der Waals surface area contributed by atoms with Crippen molar-refractivity contribution in [3.8, 4) is 5.75 Å². The lowest BCUT2D eigenvalue weighted by molar-refractivity contribution is -0.137. The van der Waals surface area contributed by atoms with Gasteiger partial charge in [0.1, 0.15) is 5.75 Å². The van der Waals surface area contributed by atoms with Crippen molar-refractivity contribution >= 4 is 27.3 Å². The van der Waals surface area contributed by atoms with Crippen molar-refractivity contribution in [2.75, 3.05) is 10.0 Å². The second kappa shape index (κ2) is 9.14. The summed E-state index contributed by atoms with van der Waals surface area (Å²) in [6.07, 6.45) is -4.50. The van der Waals surface area contributed by atoms with Crippen LogP contribution < -0.4 is 14.8 Å². The van der Waals surface area contributed by atoms with E-state index in [4.69, 9.17) is 4.74 Å². The van der Waals surface area contributed by atoms with Crippen LogP contribution in [-0.2, 0) is 27.7 Å². The summed E-state index contributed by atoms with van der Waals surface area (Å²) >= 11 is 0. The Labute approximate surface area is 188 Å². The van der Waals surface area contributed by atoms with Gasteiger partial charge in [-0.05, 0) is 56.3 Å². The second-order valence-electron chi connectivity index (χ2n) is 7.16. The molecule has 33 heavy (non-hydrogen) atoms. The van der Waals surface area contributed by atoms with E-state index in [1.807, 2.05) is 0 Å². The van der Waals surface area contributed by atoms with E-state index in [0.29, 0.717) is 17.1 Å². The minimum absolute atomic E-state index is 0.00114. The highest BCUT2D eigenvalue weighted by molar-refractivity contribution is 7.92. The number of aromatic nitrogens is 2. The Kier molecular flexibility index (Phi) is 6.68. The van der Waals surface area contributed by atoms with Crippen LogP contribution in [0.2, 0.25) is 0 Å². The normalized spacial score (nSPS) is 11.8. The van der Waals surface area contributed by atoms with Crippen LogP contribution >= 0.6 is 0 Å². The molecule has 0 aliphatic rings. The van der Waals surface area contributed by atoms with E-state index in [9.17, 15) is 26.4 Å². The van der Waals surface area contributed by atoms with Gasteiger partial charge in [-0.3, -0.25) is 9.52 Å². The minimum atomic E-state index is -4.50. The Hall–Kier alpha value is -3.54. The molecular weight excluding hydrogens is 461 g/mol. The molecule has 1 aromatic heterocycles. The molecule has 0 atom stereocenters. The van der Waals surface area contributed by atoms with Gasteiger partial charge in [0.2, 0.25) is 5.91 Å². The summed E-state index contributed by atoms with van der Waals surface area (Å²) in [6.45, 7) is 4.31. The maximum atomic E-state index is 12.9. The van der Waals surface area contributed by atoms with Crippen molar-refractivity contribution in [1.29, 1.82) is 0 Å². The fourth-order valence-corrected chi connectivity index (χ4v) is 4.16. The number of alkyl halides is 3. The van der Waals surface area contributed by atoms with Crippen molar-refractivity contribution in [3.63, 3.8) is 0 Å². The second-order valence-corrected chi connectivity index (χ2v) is 8.84. The van der Waals surface area contributed by atoms with Crippen LogP contribution in [0.3, 0.4) is 0 Å². The van der Waals surface area contributed by atoms with Gasteiger partial charge in [0.15, 0.2) is 6.73 Å². The number of carbonyl (C=O) groups excluding carboxylic acids is 1. The molecule has 0 radical (unpaired) electrons. The molecule has 3 aromatic rings. The summed E-state index contributed by atoms with van der Waals surface area (Å²) in [6, 6.07) is 10.0. The highest BCUT2D eigenvalue weighted by Crippen LogP contribution is 2.31. The van der Waals surface area contributed by atoms with Crippen LogP contribution in [0.4, 0.5) is 24.5 Å². The fourth-order valence-electron chi connectivity index (χ4n) is 2.98. The maximum absolute atomic E-state index is 12.9. The predicted octanol–water partition coefficient (Wildman–Crippen LogP) is 4.31. The number of anilines is 2. The van der Waals surface area contributed by atoms with Gasteiger partial charge >= 0.3 is 6.18 Å². The van der Waals surface area contributed by atoms with Crippen LogP contribution in [0.1, 0.15) is 23.9 Å². The molecular formula is C21H21F3N4O4S. The largest absolute Gasteiger partial charge is 0.471 e. The number of aryl methyl sites for hydroxylation is 1. The Morgan fingerprint density at radius 2 is 1.79 bits per heavy atom. The molecule has 0 bridgehead atoms. The lowest BCUT2D eigenvalue weighted by Gasteiger charge is -2.12. The van der Waals surface area contributed by atoms with Gasteiger partial charge in [0.25, 0.3) is 10.0 Å². The molecule has 2 aromatic carbocycles. The molecule has 0 aliphatic carbocycles. The van der Waals surface area contributed by atoms with Gasteiger partial charge in [0, 0.05) is 12.6 Å². The number of hydrogen-bond acceptors (Lipinski definition) is 5. The summed E-state index contributed by atoms with van der Waals surface area (Å²) < 4.78 is 73.4. The number of carbonyl (C=O) groups is 1. The number of sulfonamides is 1. The Morgan fingerprint density at radius 1 is 1.12 bits per heavy atom. The van der Waals surface area contributed by atoms with Crippen molar-refractivity contribution in [2.24, 2.45) is 0 Å². The molecule has 0 saturated carbocycles. The van der Waals surface area contributed by atoms with E-state index in [2.05, 4.69) is 15.1 Å². The predicted molar refractivity (Wildman–Crippen MR) is 115 cm³/mol. The highest BCUT2D eigenvalue weighted by atomic mass is 32.2. The Balaban J connectivity index is 1.76. The summed E-state index contributed by atoms with van der Waals surface area (Å²) in [5.41, 5.74) is 0.616. The molecule has 3 rings (SSSR count). The van der Waals surface area contributed by atoms with Gasteiger partial charge in [-0.1, -0.05) is 6.07 Å². The van der Waals surface area contributed by atoms with E-state index < -0.39 is 21.8 Å². The Bertz CT molecular complexity index is 1270. The number of rotatable bonds is 7. The highest BCUT2D eigenvalue weighted by Gasteiger charge is 2.30. The van der Waals surface area contributed by atoms with E-state index in [1.54, 1.807) is 13.8 Å². The standard InChI is InChI=1S/C21H21F3N4O4S/c1-13-20(27-33(30,31)19-9-7-17(8-10-19)25-15(3)29)14(2)28(26-13)12-32-18-6-4-5-16(11-18)21(22,23)24/h4-11,27H,12H2,1-3H3,(H,25,29). The molecule has 0 unspecified atom stereocenters. The molecule has 8 nitrogen and oxygen atoms in total. The van der Waals surface area contributed by atoms with Gasteiger partial charge in [-0.25, -0.2) is 13.1 Å². The van der Waals surface area contributed by atoms with Crippen LogP contribution in [0.15, 0.2) is 53.4 Å². The summed E-state index contributed by atoms with van der Waals surface area (Å²) in [4.78, 5) is 11.1. The molecule has 176 valence electrons. The number of amides is 1. The van der Waals surface area contributed by atoms with Crippen LogP contribution in [0.5, 0.6) is 5.75 Å². The van der Waals surface area contributed by atoms with Crippen LogP contribution in [-0.4, -0.2) is 24.1 Å². The first-order valence-electron chi connectivity index (χ1n) is 9.61. The summed E-state index contributed by atoms with van der Waals surface area (Å²) in [5, 5.41) is 6.77. The monoisotopic (exact) mass is 482 g/mol. The minimum Gasteiger partial charge on any atom is -0.471 e. The van der Waals surface area contributed by atoms with Gasteiger partial charge < -0.3 is 10.1 Å². The van der Waals surface area contributed by atoms with Crippen LogP contribution in [0.25, 0.3) is 0 Å². The van der Waals surface area contributed by atoms with Crippen molar-refractivity contribution < 1.29 is 31.1 Å². The van der Waals surface area contributed by atoms with Crippen molar-refractivity contribution in [3.05, 3.63) is 65.5 Å². The quantitative estimate of drug-likeness (QED) is 0.522. The van der Waals surface area contributed by atoms with E-state index in [1.165, 1.54) is 48.0 Å². The number of halogens is 3. The number of hydrogen-bond donors (Lipinski definition) is 2. The van der Waals surface area contributed by atoms with Crippen molar-refractivity contribution in [1.82, 2.24) is 9.78 Å². The maximum Gasteiger partial charge on any atom is 0.416 e. The van der Waals surface area contributed by atoms with Gasteiger partial charge in [-0.2, -0.15) is 18.3 Å².